The number of pyridine rings is 4. The summed E-state index contributed by atoms with van der Waals surface area (Å²) in [6.07, 6.45) is 6.81. The molecule has 100 valence electrons. The quantitative estimate of drug-likeness (QED) is 0.561. The summed E-state index contributed by atoms with van der Waals surface area (Å²) in [6, 6.07) is 11.2. The predicted molar refractivity (Wildman–Crippen MR) is 79.2 cm³/mol. The number of ether oxygens (including phenoxy) is 1. The Morgan fingerprint density at radius 1 is 0.619 bits per heavy atom. The van der Waals surface area contributed by atoms with Crippen molar-refractivity contribution in [2.24, 2.45) is 0 Å². The molecule has 0 saturated carbocycles. The lowest BCUT2D eigenvalue weighted by molar-refractivity contribution is 0.480. The third-order valence-electron chi connectivity index (χ3n) is 3.09. The second-order valence-electron chi connectivity index (χ2n) is 4.53. The van der Waals surface area contributed by atoms with Crippen LogP contribution in [-0.2, 0) is 0 Å². The summed E-state index contributed by atoms with van der Waals surface area (Å²) in [6.45, 7) is 0. The van der Waals surface area contributed by atoms with E-state index in [2.05, 4.69) is 19.9 Å². The maximum absolute atomic E-state index is 5.79. The number of hydrogen-bond acceptors (Lipinski definition) is 5. The lowest BCUT2D eigenvalue weighted by Crippen LogP contribution is -1.90. The number of fused-ring (bicyclic) bond motifs is 2. The Labute approximate surface area is 120 Å². The fourth-order valence-electron chi connectivity index (χ4n) is 2.12. The van der Waals surface area contributed by atoms with Gasteiger partial charge in [0.15, 0.2) is 0 Å². The minimum Gasteiger partial charge on any atom is -0.454 e. The van der Waals surface area contributed by atoms with Gasteiger partial charge in [0.25, 0.3) is 0 Å². The monoisotopic (exact) mass is 274 g/mol. The summed E-state index contributed by atoms with van der Waals surface area (Å²) in [5.41, 5.74) is 3.26. The molecule has 0 aromatic carbocycles. The number of aromatic nitrogens is 4. The Morgan fingerprint density at radius 2 is 1.14 bits per heavy atom. The van der Waals surface area contributed by atoms with Gasteiger partial charge in [-0.15, -0.1) is 0 Å². The number of nitrogens with zero attached hydrogens (tertiary/aromatic N) is 4. The first-order valence-electron chi connectivity index (χ1n) is 6.48. The zero-order chi connectivity index (χ0) is 14.1. The predicted octanol–water partition coefficient (Wildman–Crippen LogP) is 3.37. The molecule has 0 aliphatic rings. The molecule has 4 aromatic heterocycles. The van der Waals surface area contributed by atoms with E-state index in [1.165, 1.54) is 0 Å². The first-order valence-corrected chi connectivity index (χ1v) is 6.48. The van der Waals surface area contributed by atoms with Crippen molar-refractivity contribution in [3.63, 3.8) is 0 Å². The molecule has 0 aliphatic carbocycles. The van der Waals surface area contributed by atoms with E-state index in [4.69, 9.17) is 4.74 Å². The zero-order valence-electron chi connectivity index (χ0n) is 11.0. The molecular weight excluding hydrogens is 264 g/mol. The van der Waals surface area contributed by atoms with E-state index in [9.17, 15) is 0 Å². The van der Waals surface area contributed by atoms with Gasteiger partial charge < -0.3 is 4.74 Å². The molecule has 21 heavy (non-hydrogen) atoms. The third-order valence-corrected chi connectivity index (χ3v) is 3.09. The van der Waals surface area contributed by atoms with Crippen LogP contribution in [-0.4, -0.2) is 19.9 Å². The molecule has 4 heterocycles. The first-order chi connectivity index (χ1) is 10.4. The largest absolute Gasteiger partial charge is 0.454 e. The van der Waals surface area contributed by atoms with Crippen molar-refractivity contribution >= 4 is 22.1 Å². The Kier molecular flexibility index (Phi) is 2.67. The first kappa shape index (κ1) is 11.7. The Morgan fingerprint density at radius 3 is 1.67 bits per heavy atom. The van der Waals surface area contributed by atoms with Gasteiger partial charge in [-0.1, -0.05) is 0 Å². The van der Waals surface area contributed by atoms with Crippen LogP contribution in [0.25, 0.3) is 22.1 Å². The van der Waals surface area contributed by atoms with Gasteiger partial charge >= 0.3 is 0 Å². The van der Waals surface area contributed by atoms with Gasteiger partial charge in [0, 0.05) is 24.5 Å². The van der Waals surface area contributed by atoms with E-state index in [0.717, 1.165) is 22.1 Å². The van der Waals surface area contributed by atoms with E-state index >= 15 is 0 Å². The molecule has 0 unspecified atom stereocenters. The van der Waals surface area contributed by atoms with Crippen LogP contribution in [0.1, 0.15) is 0 Å². The highest BCUT2D eigenvalue weighted by Crippen LogP contribution is 2.24. The van der Waals surface area contributed by atoms with Crippen LogP contribution in [0.15, 0.2) is 61.2 Å². The highest BCUT2D eigenvalue weighted by Gasteiger charge is 2.03. The number of hydrogen-bond donors (Lipinski definition) is 0. The Bertz CT molecular complexity index is 862. The van der Waals surface area contributed by atoms with E-state index in [1.54, 1.807) is 24.8 Å². The topological polar surface area (TPSA) is 60.8 Å². The minimum absolute atomic E-state index is 0.623. The van der Waals surface area contributed by atoms with E-state index in [0.29, 0.717) is 11.5 Å². The van der Waals surface area contributed by atoms with Crippen LogP contribution >= 0.6 is 0 Å². The second kappa shape index (κ2) is 4.79. The minimum atomic E-state index is 0.623. The maximum Gasteiger partial charge on any atom is 0.147 e. The average molecular weight is 274 g/mol. The molecular formula is C16H10N4O. The SMILES string of the molecule is c1cnc2cc(Oc3cnc4cccnc4c3)cnc2c1. The summed E-state index contributed by atoms with van der Waals surface area (Å²) >= 11 is 0. The van der Waals surface area contributed by atoms with Gasteiger partial charge in [-0.2, -0.15) is 0 Å². The van der Waals surface area contributed by atoms with E-state index in [-0.39, 0.29) is 0 Å². The molecule has 0 fully saturated rings. The van der Waals surface area contributed by atoms with Crippen molar-refractivity contribution < 1.29 is 4.74 Å². The van der Waals surface area contributed by atoms with Crippen LogP contribution in [0.2, 0.25) is 0 Å². The molecule has 0 N–H and O–H groups in total. The van der Waals surface area contributed by atoms with Crippen LogP contribution < -0.4 is 4.74 Å². The van der Waals surface area contributed by atoms with Crippen LogP contribution in [0.4, 0.5) is 0 Å². The van der Waals surface area contributed by atoms with Crippen molar-refractivity contribution in [3.05, 3.63) is 61.2 Å². The maximum atomic E-state index is 5.79. The summed E-state index contributed by atoms with van der Waals surface area (Å²) in [4.78, 5) is 17.2. The summed E-state index contributed by atoms with van der Waals surface area (Å²) in [5.74, 6) is 1.25. The Balaban J connectivity index is 1.71. The van der Waals surface area contributed by atoms with Gasteiger partial charge in [-0.05, 0) is 24.3 Å². The average Bonchev–Trinajstić information content (AvgIpc) is 2.55. The molecule has 4 aromatic rings. The molecule has 0 saturated heterocycles. The van der Waals surface area contributed by atoms with Crippen molar-refractivity contribution in [3.8, 4) is 11.5 Å². The van der Waals surface area contributed by atoms with Gasteiger partial charge in [0.1, 0.15) is 11.5 Å². The lowest BCUT2D eigenvalue weighted by Gasteiger charge is -2.06. The molecule has 0 aliphatic heterocycles. The van der Waals surface area contributed by atoms with Crippen molar-refractivity contribution in [2.75, 3.05) is 0 Å². The molecule has 0 amide bonds. The fraction of sp³-hybridized carbons (Fsp3) is 0. The van der Waals surface area contributed by atoms with Crippen LogP contribution in [0.5, 0.6) is 11.5 Å². The molecule has 5 nitrogen and oxygen atoms in total. The second-order valence-corrected chi connectivity index (χ2v) is 4.53. The van der Waals surface area contributed by atoms with Crippen molar-refractivity contribution in [1.82, 2.24) is 19.9 Å². The number of rotatable bonds is 2. The standard InChI is InChI=1S/C16H10N4O/c1-3-13-15(17-5-1)7-11(9-19-13)21-12-8-16-14(20-10-12)4-2-6-18-16/h1-10H. The third kappa shape index (κ3) is 2.25. The molecule has 4 rings (SSSR count). The molecule has 5 heteroatoms. The fourth-order valence-corrected chi connectivity index (χ4v) is 2.12. The molecule has 0 radical (unpaired) electrons. The van der Waals surface area contributed by atoms with Crippen molar-refractivity contribution in [2.45, 2.75) is 0 Å². The van der Waals surface area contributed by atoms with Gasteiger partial charge in [-0.25, -0.2) is 0 Å². The summed E-state index contributed by atoms with van der Waals surface area (Å²) in [5, 5.41) is 0. The molecule has 0 bridgehead atoms. The highest BCUT2D eigenvalue weighted by atomic mass is 16.5. The van der Waals surface area contributed by atoms with Crippen LogP contribution in [0, 0.1) is 0 Å². The highest BCUT2D eigenvalue weighted by molar-refractivity contribution is 5.76. The van der Waals surface area contributed by atoms with Crippen molar-refractivity contribution in [1.29, 1.82) is 0 Å². The van der Waals surface area contributed by atoms with Crippen LogP contribution in [0.3, 0.4) is 0 Å². The Hall–Kier alpha value is -3.08. The lowest BCUT2D eigenvalue weighted by atomic mass is 10.3. The molecule has 0 spiro atoms. The molecule has 0 atom stereocenters. The van der Waals surface area contributed by atoms with Gasteiger partial charge in [-0.3, -0.25) is 19.9 Å². The zero-order valence-corrected chi connectivity index (χ0v) is 11.0. The van der Waals surface area contributed by atoms with E-state index < -0.39 is 0 Å². The van der Waals surface area contributed by atoms with Gasteiger partial charge in [0.2, 0.25) is 0 Å². The summed E-state index contributed by atoms with van der Waals surface area (Å²) in [7, 11) is 0. The normalized spacial score (nSPS) is 10.9. The van der Waals surface area contributed by atoms with Gasteiger partial charge in [0.05, 0.1) is 34.5 Å². The van der Waals surface area contributed by atoms with E-state index in [1.807, 2.05) is 36.4 Å². The summed E-state index contributed by atoms with van der Waals surface area (Å²) < 4.78 is 5.79. The smallest absolute Gasteiger partial charge is 0.147 e.